The van der Waals surface area contributed by atoms with E-state index in [4.69, 9.17) is 4.74 Å². The van der Waals surface area contributed by atoms with Gasteiger partial charge in [-0.3, -0.25) is 0 Å². The maximum Gasteiger partial charge on any atom is 0.0905 e. The van der Waals surface area contributed by atoms with Crippen molar-refractivity contribution in [2.24, 2.45) is 0 Å². The molecule has 0 aromatic carbocycles. The summed E-state index contributed by atoms with van der Waals surface area (Å²) in [7, 11) is 0. The molecule has 1 N–H and O–H groups in total. The van der Waals surface area contributed by atoms with Gasteiger partial charge in [0.2, 0.25) is 0 Å². The van der Waals surface area contributed by atoms with E-state index >= 15 is 0 Å². The third-order valence-corrected chi connectivity index (χ3v) is 3.87. The molecule has 16 heavy (non-hydrogen) atoms. The van der Waals surface area contributed by atoms with Gasteiger partial charge in [-0.15, -0.1) is 0 Å². The van der Waals surface area contributed by atoms with Gasteiger partial charge < -0.3 is 9.84 Å². The van der Waals surface area contributed by atoms with Crippen LogP contribution in [-0.4, -0.2) is 22.9 Å². The highest BCUT2D eigenvalue weighted by Crippen LogP contribution is 2.39. The lowest BCUT2D eigenvalue weighted by Gasteiger charge is -2.43. The molecule has 1 aliphatic heterocycles. The van der Waals surface area contributed by atoms with E-state index in [2.05, 4.69) is 19.9 Å². The van der Waals surface area contributed by atoms with Gasteiger partial charge >= 0.3 is 0 Å². The molecule has 0 radical (unpaired) electrons. The lowest BCUT2D eigenvalue weighted by molar-refractivity contribution is -0.129. The van der Waals surface area contributed by atoms with Crippen LogP contribution in [0.5, 0.6) is 0 Å². The number of hydrogen-bond acceptors (Lipinski definition) is 2. The van der Waals surface area contributed by atoms with Crippen LogP contribution in [0.25, 0.3) is 0 Å². The van der Waals surface area contributed by atoms with E-state index in [9.17, 15) is 5.11 Å². The molecular formula is C14H24O2. The minimum absolute atomic E-state index is 0.180. The first-order chi connectivity index (χ1) is 7.52. The minimum atomic E-state index is -0.591. The smallest absolute Gasteiger partial charge is 0.0905 e. The lowest BCUT2D eigenvalue weighted by atomic mass is 9.77. The summed E-state index contributed by atoms with van der Waals surface area (Å²) in [6, 6.07) is 0. The summed E-state index contributed by atoms with van der Waals surface area (Å²) in [6.45, 7) is 4.84. The fourth-order valence-corrected chi connectivity index (χ4v) is 3.05. The first kappa shape index (κ1) is 12.1. The second-order valence-corrected chi connectivity index (χ2v) is 5.90. The average molecular weight is 224 g/mol. The number of aliphatic hydroxyl groups is 1. The molecule has 2 aliphatic rings. The zero-order valence-corrected chi connectivity index (χ0v) is 10.6. The van der Waals surface area contributed by atoms with Gasteiger partial charge in [0.1, 0.15) is 0 Å². The highest BCUT2D eigenvalue weighted by Gasteiger charge is 2.41. The van der Waals surface area contributed by atoms with Crippen LogP contribution in [-0.2, 0) is 4.74 Å². The standard InChI is InChI=1S/C14H24O2/c1-13(2)11-14(15,9-10-16-13)12-7-5-3-4-6-8-12/h7,15H,3-6,8-11H2,1-2H3. The molecule has 1 heterocycles. The average Bonchev–Trinajstić information content (AvgIpc) is 2.43. The molecule has 0 saturated carbocycles. The summed E-state index contributed by atoms with van der Waals surface area (Å²) in [4.78, 5) is 0. The van der Waals surface area contributed by atoms with Crippen molar-refractivity contribution >= 4 is 0 Å². The molecule has 0 aromatic rings. The van der Waals surface area contributed by atoms with Crippen LogP contribution in [0.3, 0.4) is 0 Å². The van der Waals surface area contributed by atoms with Crippen LogP contribution in [0.15, 0.2) is 11.6 Å². The third kappa shape index (κ3) is 2.67. The molecular weight excluding hydrogens is 200 g/mol. The summed E-state index contributed by atoms with van der Waals surface area (Å²) in [5, 5.41) is 10.8. The Hall–Kier alpha value is -0.340. The summed E-state index contributed by atoms with van der Waals surface area (Å²) < 4.78 is 5.70. The Morgan fingerprint density at radius 2 is 2.06 bits per heavy atom. The van der Waals surface area contributed by atoms with E-state index in [1.165, 1.54) is 24.8 Å². The van der Waals surface area contributed by atoms with E-state index < -0.39 is 5.60 Å². The van der Waals surface area contributed by atoms with Crippen LogP contribution in [0.1, 0.15) is 58.8 Å². The van der Waals surface area contributed by atoms with Crippen molar-refractivity contribution < 1.29 is 9.84 Å². The number of hydrogen-bond donors (Lipinski definition) is 1. The molecule has 0 aromatic heterocycles. The van der Waals surface area contributed by atoms with Gasteiger partial charge in [0.05, 0.1) is 17.8 Å². The fraction of sp³-hybridized carbons (Fsp3) is 0.857. The Morgan fingerprint density at radius 1 is 1.25 bits per heavy atom. The van der Waals surface area contributed by atoms with Crippen LogP contribution in [0.4, 0.5) is 0 Å². The quantitative estimate of drug-likeness (QED) is 0.693. The van der Waals surface area contributed by atoms with Gasteiger partial charge in [0, 0.05) is 12.8 Å². The highest BCUT2D eigenvalue weighted by atomic mass is 16.5. The molecule has 0 bridgehead atoms. The topological polar surface area (TPSA) is 29.5 Å². The van der Waals surface area contributed by atoms with Crippen molar-refractivity contribution in [3.05, 3.63) is 11.6 Å². The first-order valence-electron chi connectivity index (χ1n) is 6.58. The molecule has 2 heteroatoms. The number of allylic oxidation sites excluding steroid dienone is 1. The van der Waals surface area contributed by atoms with Crippen LogP contribution >= 0.6 is 0 Å². The summed E-state index contributed by atoms with van der Waals surface area (Å²) >= 11 is 0. The first-order valence-corrected chi connectivity index (χ1v) is 6.58. The van der Waals surface area contributed by atoms with Gasteiger partial charge in [-0.25, -0.2) is 0 Å². The van der Waals surface area contributed by atoms with E-state index in [-0.39, 0.29) is 5.60 Å². The summed E-state index contributed by atoms with van der Waals surface area (Å²) in [5.41, 5.74) is 0.507. The van der Waals surface area contributed by atoms with Gasteiger partial charge in [-0.05, 0) is 45.1 Å². The predicted molar refractivity (Wildman–Crippen MR) is 65.4 cm³/mol. The predicted octanol–water partition coefficient (Wildman–Crippen LogP) is 3.20. The van der Waals surface area contributed by atoms with Crippen molar-refractivity contribution in [2.75, 3.05) is 6.61 Å². The Labute approximate surface area is 98.7 Å². The minimum Gasteiger partial charge on any atom is -0.385 e. The van der Waals surface area contributed by atoms with Crippen molar-refractivity contribution in [1.82, 2.24) is 0 Å². The van der Waals surface area contributed by atoms with Crippen molar-refractivity contribution in [3.63, 3.8) is 0 Å². The molecule has 1 unspecified atom stereocenters. The SMILES string of the molecule is CC1(C)CC(O)(C2=CCCCCC2)CCO1. The molecule has 92 valence electrons. The molecule has 2 nitrogen and oxygen atoms in total. The fourth-order valence-electron chi connectivity index (χ4n) is 3.05. The largest absolute Gasteiger partial charge is 0.385 e. The van der Waals surface area contributed by atoms with E-state index in [1.807, 2.05) is 0 Å². The molecule has 2 rings (SSSR count). The number of ether oxygens (including phenoxy) is 1. The number of rotatable bonds is 1. The highest BCUT2D eigenvalue weighted by molar-refractivity contribution is 5.20. The Morgan fingerprint density at radius 3 is 2.81 bits per heavy atom. The Balaban J connectivity index is 2.13. The Bertz CT molecular complexity index is 280. The van der Waals surface area contributed by atoms with Gasteiger partial charge in [0.15, 0.2) is 0 Å². The Kier molecular flexibility index (Phi) is 3.41. The zero-order valence-electron chi connectivity index (χ0n) is 10.6. The molecule has 1 aliphatic carbocycles. The second-order valence-electron chi connectivity index (χ2n) is 5.90. The van der Waals surface area contributed by atoms with E-state index in [1.54, 1.807) is 0 Å². The molecule has 1 saturated heterocycles. The monoisotopic (exact) mass is 224 g/mol. The molecule has 1 fully saturated rings. The zero-order chi connectivity index (χ0) is 11.6. The van der Waals surface area contributed by atoms with Crippen molar-refractivity contribution in [2.45, 2.75) is 70.0 Å². The van der Waals surface area contributed by atoms with Gasteiger partial charge in [0.25, 0.3) is 0 Å². The molecule has 0 amide bonds. The van der Waals surface area contributed by atoms with E-state index in [0.29, 0.717) is 6.61 Å². The van der Waals surface area contributed by atoms with Crippen molar-refractivity contribution in [1.29, 1.82) is 0 Å². The second kappa shape index (κ2) is 4.50. The summed E-state index contributed by atoms with van der Waals surface area (Å²) in [6.07, 6.45) is 9.82. The van der Waals surface area contributed by atoms with Gasteiger partial charge in [-0.2, -0.15) is 0 Å². The normalized spacial score (nSPS) is 35.3. The lowest BCUT2D eigenvalue weighted by Crippen LogP contribution is -2.47. The molecule has 0 spiro atoms. The van der Waals surface area contributed by atoms with Crippen LogP contribution < -0.4 is 0 Å². The van der Waals surface area contributed by atoms with Crippen LogP contribution in [0, 0.1) is 0 Å². The third-order valence-electron chi connectivity index (χ3n) is 3.87. The maximum atomic E-state index is 10.8. The van der Waals surface area contributed by atoms with E-state index in [0.717, 1.165) is 25.7 Å². The summed E-state index contributed by atoms with van der Waals surface area (Å²) in [5.74, 6) is 0. The van der Waals surface area contributed by atoms with Crippen LogP contribution in [0.2, 0.25) is 0 Å². The van der Waals surface area contributed by atoms with Gasteiger partial charge in [-0.1, -0.05) is 12.5 Å². The maximum absolute atomic E-state index is 10.8. The van der Waals surface area contributed by atoms with Crippen molar-refractivity contribution in [3.8, 4) is 0 Å². The molecule has 1 atom stereocenters.